The zero-order valence-corrected chi connectivity index (χ0v) is 15.0. The number of ether oxygens (including phenoxy) is 1. The van der Waals surface area contributed by atoms with Crippen molar-refractivity contribution in [1.82, 2.24) is 5.43 Å². The molecular formula is C18H20ClN3OS. The van der Waals surface area contributed by atoms with Crippen LogP contribution in [0.1, 0.15) is 25.3 Å². The lowest BCUT2D eigenvalue weighted by Crippen LogP contribution is -2.23. The molecule has 0 saturated heterocycles. The maximum absolute atomic E-state index is 5.92. The van der Waals surface area contributed by atoms with Crippen LogP contribution in [0, 0.1) is 0 Å². The van der Waals surface area contributed by atoms with Crippen molar-refractivity contribution in [2.24, 2.45) is 5.10 Å². The molecule has 0 bridgehead atoms. The molecule has 2 aromatic carbocycles. The highest BCUT2D eigenvalue weighted by atomic mass is 35.5. The number of unbranched alkanes of at least 4 members (excludes halogenated alkanes) is 1. The Morgan fingerprint density at radius 3 is 2.75 bits per heavy atom. The van der Waals surface area contributed by atoms with Crippen LogP contribution >= 0.6 is 23.8 Å². The van der Waals surface area contributed by atoms with Gasteiger partial charge in [-0.15, -0.1) is 0 Å². The first-order valence-electron chi connectivity index (χ1n) is 7.76. The van der Waals surface area contributed by atoms with E-state index in [-0.39, 0.29) is 0 Å². The molecule has 2 rings (SSSR count). The smallest absolute Gasteiger partial charge is 0.191 e. The molecule has 0 aliphatic rings. The minimum absolute atomic E-state index is 0.396. The third-order valence-corrected chi connectivity index (χ3v) is 3.54. The fourth-order valence-electron chi connectivity index (χ4n) is 1.88. The first kappa shape index (κ1) is 18.2. The SMILES string of the molecule is CCCCOc1ccc(/C=N\NC(=S)Nc2cccc(Cl)c2)cc1. The first-order chi connectivity index (χ1) is 11.7. The van der Waals surface area contributed by atoms with Gasteiger partial charge in [-0.05, 0) is 66.7 Å². The number of hydrazone groups is 1. The van der Waals surface area contributed by atoms with E-state index < -0.39 is 0 Å². The highest BCUT2D eigenvalue weighted by Crippen LogP contribution is 2.14. The second-order valence-corrected chi connectivity index (χ2v) is 5.95. The van der Waals surface area contributed by atoms with E-state index >= 15 is 0 Å². The van der Waals surface area contributed by atoms with Gasteiger partial charge >= 0.3 is 0 Å². The van der Waals surface area contributed by atoms with Crippen LogP contribution in [0.2, 0.25) is 5.02 Å². The van der Waals surface area contributed by atoms with Gasteiger partial charge in [0.15, 0.2) is 5.11 Å². The van der Waals surface area contributed by atoms with Crippen LogP contribution in [-0.4, -0.2) is 17.9 Å². The summed E-state index contributed by atoms with van der Waals surface area (Å²) in [7, 11) is 0. The second-order valence-electron chi connectivity index (χ2n) is 5.11. The lowest BCUT2D eigenvalue weighted by molar-refractivity contribution is 0.309. The van der Waals surface area contributed by atoms with Gasteiger partial charge in [-0.1, -0.05) is 31.0 Å². The zero-order valence-electron chi connectivity index (χ0n) is 13.5. The van der Waals surface area contributed by atoms with Gasteiger partial charge < -0.3 is 10.1 Å². The van der Waals surface area contributed by atoms with Crippen molar-refractivity contribution in [3.05, 3.63) is 59.1 Å². The van der Waals surface area contributed by atoms with Gasteiger partial charge in [-0.3, -0.25) is 5.43 Å². The van der Waals surface area contributed by atoms with E-state index in [2.05, 4.69) is 22.8 Å². The Morgan fingerprint density at radius 2 is 2.04 bits per heavy atom. The summed E-state index contributed by atoms with van der Waals surface area (Å²) in [6, 6.07) is 15.1. The number of nitrogens with one attached hydrogen (secondary N) is 2. The molecule has 2 aromatic rings. The summed E-state index contributed by atoms with van der Waals surface area (Å²) >= 11 is 11.1. The Hall–Kier alpha value is -2.11. The van der Waals surface area contributed by atoms with Crippen LogP contribution < -0.4 is 15.5 Å². The first-order valence-corrected chi connectivity index (χ1v) is 8.54. The monoisotopic (exact) mass is 361 g/mol. The molecule has 0 amide bonds. The summed E-state index contributed by atoms with van der Waals surface area (Å²) in [6.07, 6.45) is 3.88. The van der Waals surface area contributed by atoms with Crippen molar-refractivity contribution >= 4 is 40.8 Å². The molecule has 0 heterocycles. The van der Waals surface area contributed by atoms with Crippen LogP contribution in [0.25, 0.3) is 0 Å². The molecule has 24 heavy (non-hydrogen) atoms. The van der Waals surface area contributed by atoms with Gasteiger partial charge in [0, 0.05) is 10.7 Å². The number of anilines is 1. The van der Waals surface area contributed by atoms with Crippen molar-refractivity contribution in [2.45, 2.75) is 19.8 Å². The van der Waals surface area contributed by atoms with Crippen LogP contribution in [0.4, 0.5) is 5.69 Å². The number of thiocarbonyl (C=S) groups is 1. The van der Waals surface area contributed by atoms with E-state index in [1.54, 1.807) is 18.3 Å². The van der Waals surface area contributed by atoms with Crippen LogP contribution in [0.3, 0.4) is 0 Å². The fraction of sp³-hybridized carbons (Fsp3) is 0.222. The Labute approximate surface area is 152 Å². The summed E-state index contributed by atoms with van der Waals surface area (Å²) in [5.41, 5.74) is 4.53. The summed E-state index contributed by atoms with van der Waals surface area (Å²) < 4.78 is 5.62. The molecule has 0 spiro atoms. The topological polar surface area (TPSA) is 45.6 Å². The molecule has 0 radical (unpaired) electrons. The van der Waals surface area contributed by atoms with Gasteiger partial charge in [-0.25, -0.2) is 0 Å². The predicted molar refractivity (Wildman–Crippen MR) is 105 cm³/mol. The largest absolute Gasteiger partial charge is 0.494 e. The average Bonchev–Trinajstić information content (AvgIpc) is 2.56. The summed E-state index contributed by atoms with van der Waals surface area (Å²) in [5, 5.41) is 8.16. The van der Waals surface area contributed by atoms with Gasteiger partial charge in [0.1, 0.15) is 5.75 Å². The molecule has 0 saturated carbocycles. The van der Waals surface area contributed by atoms with Crippen LogP contribution in [0.5, 0.6) is 5.75 Å². The van der Waals surface area contributed by atoms with Crippen LogP contribution in [-0.2, 0) is 0 Å². The number of benzene rings is 2. The van der Waals surface area contributed by atoms with Crippen molar-refractivity contribution < 1.29 is 4.74 Å². The highest BCUT2D eigenvalue weighted by Gasteiger charge is 1.97. The fourth-order valence-corrected chi connectivity index (χ4v) is 2.24. The number of hydrogen-bond donors (Lipinski definition) is 2. The molecule has 6 heteroatoms. The van der Waals surface area contributed by atoms with E-state index in [1.165, 1.54) is 0 Å². The normalized spacial score (nSPS) is 10.6. The van der Waals surface area contributed by atoms with E-state index in [0.717, 1.165) is 36.4 Å². The number of nitrogens with zero attached hydrogens (tertiary/aromatic N) is 1. The number of halogens is 1. The Balaban J connectivity index is 1.79. The maximum atomic E-state index is 5.92. The molecule has 0 unspecified atom stereocenters. The van der Waals surface area contributed by atoms with E-state index in [9.17, 15) is 0 Å². The summed E-state index contributed by atoms with van der Waals surface area (Å²) in [6.45, 7) is 2.89. The molecule has 0 aromatic heterocycles. The molecule has 2 N–H and O–H groups in total. The molecule has 126 valence electrons. The second kappa shape index (κ2) is 9.90. The van der Waals surface area contributed by atoms with Gasteiger partial charge in [0.2, 0.25) is 0 Å². The predicted octanol–water partition coefficient (Wildman–Crippen LogP) is 4.84. The number of hydrogen-bond acceptors (Lipinski definition) is 3. The van der Waals surface area contributed by atoms with Crippen LogP contribution in [0.15, 0.2) is 53.6 Å². The summed E-state index contributed by atoms with van der Waals surface area (Å²) in [5.74, 6) is 0.867. The standard InChI is InChI=1S/C18H20ClN3OS/c1-2-3-11-23-17-9-7-14(8-10-17)13-20-22-18(24)21-16-6-4-5-15(19)12-16/h4-10,12-13H,2-3,11H2,1H3,(H2,21,22,24)/b20-13-. The Morgan fingerprint density at radius 1 is 1.25 bits per heavy atom. The third-order valence-electron chi connectivity index (χ3n) is 3.11. The molecule has 0 aliphatic carbocycles. The number of rotatable bonds is 7. The lowest BCUT2D eigenvalue weighted by Gasteiger charge is -2.07. The van der Waals surface area contributed by atoms with Crippen molar-refractivity contribution in [3.8, 4) is 5.75 Å². The molecule has 0 fully saturated rings. The molecule has 0 atom stereocenters. The van der Waals surface area contributed by atoms with E-state index in [4.69, 9.17) is 28.6 Å². The highest BCUT2D eigenvalue weighted by molar-refractivity contribution is 7.80. The van der Waals surface area contributed by atoms with Gasteiger partial charge in [0.05, 0.1) is 12.8 Å². The molecule has 0 aliphatic heterocycles. The van der Waals surface area contributed by atoms with Gasteiger partial charge in [0.25, 0.3) is 0 Å². The van der Waals surface area contributed by atoms with E-state index in [0.29, 0.717) is 10.1 Å². The van der Waals surface area contributed by atoms with Gasteiger partial charge in [-0.2, -0.15) is 5.10 Å². The summed E-state index contributed by atoms with van der Waals surface area (Å²) in [4.78, 5) is 0. The third kappa shape index (κ3) is 6.56. The minimum atomic E-state index is 0.396. The van der Waals surface area contributed by atoms with E-state index in [1.807, 2.05) is 36.4 Å². The van der Waals surface area contributed by atoms with Crippen molar-refractivity contribution in [2.75, 3.05) is 11.9 Å². The maximum Gasteiger partial charge on any atom is 0.191 e. The zero-order chi connectivity index (χ0) is 17.2. The Bertz CT molecular complexity index is 689. The lowest BCUT2D eigenvalue weighted by atomic mass is 10.2. The molecular weight excluding hydrogens is 342 g/mol. The Kier molecular flexibility index (Phi) is 7.52. The minimum Gasteiger partial charge on any atom is -0.494 e. The van der Waals surface area contributed by atoms with Crippen molar-refractivity contribution in [1.29, 1.82) is 0 Å². The molecule has 4 nitrogen and oxygen atoms in total. The quantitative estimate of drug-likeness (QED) is 0.320. The average molecular weight is 362 g/mol. The van der Waals surface area contributed by atoms with Crippen molar-refractivity contribution in [3.63, 3.8) is 0 Å².